The molecule has 0 spiro atoms. The van der Waals surface area contributed by atoms with Crippen LogP contribution in [-0.4, -0.2) is 23.0 Å². The first kappa shape index (κ1) is 17.9. The maximum atomic E-state index is 12.2. The van der Waals surface area contributed by atoms with E-state index < -0.39 is 0 Å². The number of carbonyl (C=O) groups excluding carboxylic acids is 1. The molecular formula is C20H17N5O2. The van der Waals surface area contributed by atoms with Crippen LogP contribution in [-0.2, 0) is 6.54 Å². The van der Waals surface area contributed by atoms with Gasteiger partial charge in [0.2, 0.25) is 0 Å². The zero-order valence-electron chi connectivity index (χ0n) is 14.6. The van der Waals surface area contributed by atoms with Crippen molar-refractivity contribution in [3.05, 3.63) is 77.7 Å². The summed E-state index contributed by atoms with van der Waals surface area (Å²) in [4.78, 5) is 20.6. The molecule has 2 N–H and O–H groups in total. The summed E-state index contributed by atoms with van der Waals surface area (Å²) in [6.45, 7) is 0.579. The van der Waals surface area contributed by atoms with Crippen molar-refractivity contribution in [2.45, 2.75) is 6.54 Å². The molecule has 0 bridgehead atoms. The molecule has 3 aromatic rings. The molecular weight excluding hydrogens is 342 g/mol. The minimum atomic E-state index is -0.367. The molecule has 0 saturated heterocycles. The standard InChI is InChI=1S/C20H17N5O2/c1-27-17-8-4-15(5-9-17)11-23-19-13-22-18(12-24-19)20(26)25-16-6-2-14(10-21)3-7-16/h2-9,12-13H,11H2,1H3,(H,23,24)(H,25,26). The van der Waals surface area contributed by atoms with Crippen molar-refractivity contribution in [2.75, 3.05) is 17.7 Å². The highest BCUT2D eigenvalue weighted by atomic mass is 16.5. The van der Waals surface area contributed by atoms with E-state index in [4.69, 9.17) is 10.00 Å². The number of nitriles is 1. The fraction of sp³-hybridized carbons (Fsp3) is 0.100. The maximum Gasteiger partial charge on any atom is 0.275 e. The number of hydrogen-bond donors (Lipinski definition) is 2. The first-order valence-electron chi connectivity index (χ1n) is 8.18. The van der Waals surface area contributed by atoms with Gasteiger partial charge in [-0.15, -0.1) is 0 Å². The second-order valence-electron chi connectivity index (χ2n) is 5.63. The lowest BCUT2D eigenvalue weighted by Crippen LogP contribution is -2.14. The molecule has 0 radical (unpaired) electrons. The van der Waals surface area contributed by atoms with Gasteiger partial charge in [-0.05, 0) is 42.0 Å². The Bertz CT molecular complexity index is 946. The summed E-state index contributed by atoms with van der Waals surface area (Å²) in [5, 5.41) is 14.7. The molecule has 0 fully saturated rings. The number of rotatable bonds is 6. The number of aromatic nitrogens is 2. The van der Waals surface area contributed by atoms with Crippen molar-refractivity contribution in [1.29, 1.82) is 5.26 Å². The summed E-state index contributed by atoms with van der Waals surface area (Å²) in [5.41, 5.74) is 2.39. The average molecular weight is 359 g/mol. The van der Waals surface area contributed by atoms with Gasteiger partial charge in [-0.25, -0.2) is 9.97 Å². The van der Waals surface area contributed by atoms with Crippen LogP contribution in [0.1, 0.15) is 21.6 Å². The number of methoxy groups -OCH3 is 1. The zero-order valence-corrected chi connectivity index (χ0v) is 14.6. The van der Waals surface area contributed by atoms with E-state index in [2.05, 4.69) is 20.6 Å². The first-order valence-corrected chi connectivity index (χ1v) is 8.18. The van der Waals surface area contributed by atoms with Crippen LogP contribution in [0, 0.1) is 11.3 Å². The monoisotopic (exact) mass is 359 g/mol. The van der Waals surface area contributed by atoms with Gasteiger partial charge in [-0.3, -0.25) is 4.79 Å². The van der Waals surface area contributed by atoms with Crippen molar-refractivity contribution >= 4 is 17.4 Å². The molecule has 134 valence electrons. The molecule has 7 nitrogen and oxygen atoms in total. The van der Waals surface area contributed by atoms with Gasteiger partial charge in [0.05, 0.1) is 31.1 Å². The Balaban J connectivity index is 1.57. The number of anilines is 2. The fourth-order valence-electron chi connectivity index (χ4n) is 2.30. The van der Waals surface area contributed by atoms with E-state index in [-0.39, 0.29) is 11.6 Å². The quantitative estimate of drug-likeness (QED) is 0.701. The van der Waals surface area contributed by atoms with Crippen LogP contribution < -0.4 is 15.4 Å². The lowest BCUT2D eigenvalue weighted by atomic mass is 10.2. The number of nitrogens with zero attached hydrogens (tertiary/aromatic N) is 3. The van der Waals surface area contributed by atoms with E-state index in [1.54, 1.807) is 31.4 Å². The summed E-state index contributed by atoms with van der Waals surface area (Å²) in [6, 6.07) is 16.3. The van der Waals surface area contributed by atoms with Crippen LogP contribution in [0.2, 0.25) is 0 Å². The summed E-state index contributed by atoms with van der Waals surface area (Å²) < 4.78 is 5.13. The highest BCUT2D eigenvalue weighted by molar-refractivity contribution is 6.02. The summed E-state index contributed by atoms with van der Waals surface area (Å²) in [7, 11) is 1.63. The van der Waals surface area contributed by atoms with Crippen LogP contribution in [0.3, 0.4) is 0 Å². The van der Waals surface area contributed by atoms with Crippen LogP contribution in [0.15, 0.2) is 60.9 Å². The fourth-order valence-corrected chi connectivity index (χ4v) is 2.30. The highest BCUT2D eigenvalue weighted by Crippen LogP contribution is 2.13. The van der Waals surface area contributed by atoms with E-state index in [0.717, 1.165) is 11.3 Å². The summed E-state index contributed by atoms with van der Waals surface area (Å²) in [6.07, 6.45) is 2.92. The van der Waals surface area contributed by atoms with Crippen LogP contribution in [0.4, 0.5) is 11.5 Å². The number of hydrogen-bond acceptors (Lipinski definition) is 6. The lowest BCUT2D eigenvalue weighted by molar-refractivity contribution is 0.102. The number of carbonyl (C=O) groups is 1. The van der Waals surface area contributed by atoms with E-state index in [0.29, 0.717) is 23.6 Å². The highest BCUT2D eigenvalue weighted by Gasteiger charge is 2.08. The molecule has 0 saturated carbocycles. The molecule has 7 heteroatoms. The van der Waals surface area contributed by atoms with Gasteiger partial charge >= 0.3 is 0 Å². The summed E-state index contributed by atoms with van der Waals surface area (Å²) >= 11 is 0. The number of ether oxygens (including phenoxy) is 1. The van der Waals surface area contributed by atoms with Gasteiger partial charge in [0.25, 0.3) is 5.91 Å². The minimum absolute atomic E-state index is 0.203. The van der Waals surface area contributed by atoms with E-state index >= 15 is 0 Å². The predicted molar refractivity (Wildman–Crippen MR) is 101 cm³/mol. The third kappa shape index (κ3) is 4.80. The first-order chi connectivity index (χ1) is 13.2. The van der Waals surface area contributed by atoms with E-state index in [9.17, 15) is 4.79 Å². The molecule has 1 heterocycles. The van der Waals surface area contributed by atoms with Crippen molar-refractivity contribution < 1.29 is 9.53 Å². The molecule has 0 aliphatic carbocycles. The van der Waals surface area contributed by atoms with Crippen LogP contribution in [0.25, 0.3) is 0 Å². The Labute approximate surface area is 156 Å². The van der Waals surface area contributed by atoms with Crippen molar-refractivity contribution in [1.82, 2.24) is 9.97 Å². The Morgan fingerprint density at radius 3 is 2.41 bits per heavy atom. The molecule has 2 aromatic carbocycles. The zero-order chi connectivity index (χ0) is 19.1. The third-order valence-electron chi connectivity index (χ3n) is 3.79. The number of nitrogens with one attached hydrogen (secondary N) is 2. The van der Waals surface area contributed by atoms with Gasteiger partial charge in [0, 0.05) is 12.2 Å². The molecule has 3 rings (SSSR count). The molecule has 1 aromatic heterocycles. The van der Waals surface area contributed by atoms with Crippen LogP contribution >= 0.6 is 0 Å². The SMILES string of the molecule is COc1ccc(CNc2cnc(C(=O)Nc3ccc(C#N)cc3)cn2)cc1. The van der Waals surface area contributed by atoms with Crippen LogP contribution in [0.5, 0.6) is 5.75 Å². The van der Waals surface area contributed by atoms with Gasteiger partial charge < -0.3 is 15.4 Å². The average Bonchev–Trinajstić information content (AvgIpc) is 2.73. The minimum Gasteiger partial charge on any atom is -0.497 e. The number of amides is 1. The van der Waals surface area contributed by atoms with Gasteiger partial charge in [0.15, 0.2) is 0 Å². The van der Waals surface area contributed by atoms with Crippen molar-refractivity contribution in [3.63, 3.8) is 0 Å². The van der Waals surface area contributed by atoms with Crippen molar-refractivity contribution in [2.24, 2.45) is 0 Å². The molecule has 1 amide bonds. The third-order valence-corrected chi connectivity index (χ3v) is 3.79. The molecule has 0 aliphatic rings. The van der Waals surface area contributed by atoms with Gasteiger partial charge in [-0.2, -0.15) is 5.26 Å². The smallest absolute Gasteiger partial charge is 0.275 e. The Morgan fingerprint density at radius 1 is 1.07 bits per heavy atom. The van der Waals surface area contributed by atoms with Gasteiger partial charge in [0.1, 0.15) is 17.3 Å². The largest absolute Gasteiger partial charge is 0.497 e. The normalized spacial score (nSPS) is 9.93. The summed E-state index contributed by atoms with van der Waals surface area (Å²) in [5.74, 6) is 1.01. The van der Waals surface area contributed by atoms with Gasteiger partial charge in [-0.1, -0.05) is 12.1 Å². The van der Waals surface area contributed by atoms with Crippen molar-refractivity contribution in [3.8, 4) is 11.8 Å². The second-order valence-corrected chi connectivity index (χ2v) is 5.63. The predicted octanol–water partition coefficient (Wildman–Crippen LogP) is 3.22. The molecule has 0 aliphatic heterocycles. The molecule has 0 unspecified atom stereocenters. The Hall–Kier alpha value is -3.92. The van der Waals surface area contributed by atoms with E-state index in [1.807, 2.05) is 30.3 Å². The Morgan fingerprint density at radius 2 is 1.81 bits per heavy atom. The number of benzene rings is 2. The second kappa shape index (κ2) is 8.45. The molecule has 0 atom stereocenters. The molecule has 27 heavy (non-hydrogen) atoms. The maximum absolute atomic E-state index is 12.2. The van der Waals surface area contributed by atoms with E-state index in [1.165, 1.54) is 12.4 Å². The lowest BCUT2D eigenvalue weighted by Gasteiger charge is -2.08. The topological polar surface area (TPSA) is 99.9 Å². The Kier molecular flexibility index (Phi) is 5.60.